The molecule has 2 rings (SSSR count). The Kier molecular flexibility index (Phi) is 3.91. The molecule has 0 bridgehead atoms. The third-order valence-electron chi connectivity index (χ3n) is 2.29. The average molecular weight is 299 g/mol. The molecule has 90 valence electrons. The van der Waals surface area contributed by atoms with Crippen LogP contribution in [-0.4, -0.2) is 4.98 Å². The van der Waals surface area contributed by atoms with E-state index in [0.29, 0.717) is 23.5 Å². The van der Waals surface area contributed by atoms with Crippen LogP contribution in [-0.2, 0) is 13.1 Å². The van der Waals surface area contributed by atoms with E-state index in [0.717, 1.165) is 11.3 Å². The maximum absolute atomic E-state index is 13.2. The van der Waals surface area contributed by atoms with Crippen molar-refractivity contribution in [1.82, 2.24) is 10.3 Å². The van der Waals surface area contributed by atoms with Gasteiger partial charge in [0.25, 0.3) is 0 Å². The Bertz CT molecular complexity index is 513. The van der Waals surface area contributed by atoms with Gasteiger partial charge in [-0.15, -0.1) is 0 Å². The average Bonchev–Trinajstić information content (AvgIpc) is 2.70. The molecule has 1 heterocycles. The van der Waals surface area contributed by atoms with E-state index < -0.39 is 0 Å². The fourth-order valence-corrected chi connectivity index (χ4v) is 1.88. The minimum atomic E-state index is -0.253. The van der Waals surface area contributed by atoms with Gasteiger partial charge in [0, 0.05) is 6.54 Å². The first kappa shape index (κ1) is 12.3. The van der Waals surface area contributed by atoms with Crippen molar-refractivity contribution in [2.75, 3.05) is 0 Å². The predicted molar refractivity (Wildman–Crippen MR) is 65.9 cm³/mol. The molecule has 0 atom stereocenters. The van der Waals surface area contributed by atoms with Crippen LogP contribution in [0.25, 0.3) is 0 Å². The minimum Gasteiger partial charge on any atom is -0.445 e. The molecule has 0 aliphatic rings. The molecule has 2 aromatic rings. The van der Waals surface area contributed by atoms with Gasteiger partial charge in [-0.3, -0.25) is 0 Å². The zero-order valence-corrected chi connectivity index (χ0v) is 10.9. The molecule has 0 saturated heterocycles. The summed E-state index contributed by atoms with van der Waals surface area (Å²) in [6.45, 7) is 2.93. The van der Waals surface area contributed by atoms with E-state index in [-0.39, 0.29) is 5.82 Å². The molecule has 0 fully saturated rings. The van der Waals surface area contributed by atoms with Crippen molar-refractivity contribution in [2.24, 2.45) is 0 Å². The van der Waals surface area contributed by atoms with Crippen LogP contribution >= 0.6 is 15.9 Å². The molecule has 0 radical (unpaired) electrons. The van der Waals surface area contributed by atoms with Crippen LogP contribution in [0.2, 0.25) is 0 Å². The second kappa shape index (κ2) is 5.42. The number of nitrogens with one attached hydrogen (secondary N) is 1. The highest BCUT2D eigenvalue weighted by molar-refractivity contribution is 9.10. The van der Waals surface area contributed by atoms with Gasteiger partial charge < -0.3 is 9.73 Å². The standard InChI is InChI=1S/C12H12BrFN2O/c1-8-5-16-11(17-8)7-15-6-9-3-2-4-10(14)12(9)13/h2-5,15H,6-7H2,1H3. The first-order valence-electron chi connectivity index (χ1n) is 5.21. The van der Waals surface area contributed by atoms with Gasteiger partial charge in [0.2, 0.25) is 5.89 Å². The number of oxazole rings is 1. The van der Waals surface area contributed by atoms with Crippen LogP contribution in [0.3, 0.4) is 0 Å². The molecule has 0 amide bonds. The summed E-state index contributed by atoms with van der Waals surface area (Å²) in [4.78, 5) is 4.07. The van der Waals surface area contributed by atoms with Gasteiger partial charge in [-0.2, -0.15) is 0 Å². The summed E-state index contributed by atoms with van der Waals surface area (Å²) in [5.41, 5.74) is 0.869. The van der Waals surface area contributed by atoms with Crippen molar-refractivity contribution in [3.05, 3.63) is 51.9 Å². The van der Waals surface area contributed by atoms with E-state index in [9.17, 15) is 4.39 Å². The molecule has 1 N–H and O–H groups in total. The maximum atomic E-state index is 13.2. The highest BCUT2D eigenvalue weighted by Gasteiger charge is 2.05. The number of aromatic nitrogens is 1. The quantitative estimate of drug-likeness (QED) is 0.942. The number of hydrogen-bond donors (Lipinski definition) is 1. The lowest BCUT2D eigenvalue weighted by atomic mass is 10.2. The van der Waals surface area contributed by atoms with E-state index >= 15 is 0 Å². The van der Waals surface area contributed by atoms with E-state index in [1.165, 1.54) is 6.07 Å². The smallest absolute Gasteiger partial charge is 0.208 e. The van der Waals surface area contributed by atoms with Gasteiger partial charge in [-0.25, -0.2) is 9.37 Å². The topological polar surface area (TPSA) is 38.1 Å². The summed E-state index contributed by atoms with van der Waals surface area (Å²) in [6.07, 6.45) is 1.68. The van der Waals surface area contributed by atoms with Crippen molar-refractivity contribution in [3.8, 4) is 0 Å². The number of halogens is 2. The summed E-state index contributed by atoms with van der Waals surface area (Å²) >= 11 is 3.22. The van der Waals surface area contributed by atoms with Crippen LogP contribution in [0.15, 0.2) is 33.3 Å². The Hall–Kier alpha value is -1.20. The van der Waals surface area contributed by atoms with Gasteiger partial charge in [0.1, 0.15) is 11.6 Å². The summed E-state index contributed by atoms with van der Waals surface area (Å²) in [7, 11) is 0. The lowest BCUT2D eigenvalue weighted by molar-refractivity contribution is 0.448. The highest BCUT2D eigenvalue weighted by Crippen LogP contribution is 2.20. The largest absolute Gasteiger partial charge is 0.445 e. The Morgan fingerprint density at radius 2 is 2.24 bits per heavy atom. The summed E-state index contributed by atoms with van der Waals surface area (Å²) < 4.78 is 19.0. The second-order valence-electron chi connectivity index (χ2n) is 3.68. The third-order valence-corrected chi connectivity index (χ3v) is 3.18. The molecule has 1 aromatic heterocycles. The van der Waals surface area contributed by atoms with E-state index in [1.807, 2.05) is 13.0 Å². The molecule has 0 spiro atoms. The minimum absolute atomic E-state index is 0.253. The highest BCUT2D eigenvalue weighted by atomic mass is 79.9. The lowest BCUT2D eigenvalue weighted by Crippen LogP contribution is -2.13. The normalized spacial score (nSPS) is 10.8. The number of hydrogen-bond acceptors (Lipinski definition) is 3. The second-order valence-corrected chi connectivity index (χ2v) is 4.47. The molecular formula is C12H12BrFN2O. The van der Waals surface area contributed by atoms with E-state index in [2.05, 4.69) is 26.2 Å². The van der Waals surface area contributed by atoms with E-state index in [4.69, 9.17) is 4.42 Å². The molecular weight excluding hydrogens is 287 g/mol. The zero-order valence-electron chi connectivity index (χ0n) is 9.34. The van der Waals surface area contributed by atoms with Crippen LogP contribution in [0.4, 0.5) is 4.39 Å². The van der Waals surface area contributed by atoms with Crippen LogP contribution in [0, 0.1) is 12.7 Å². The fourth-order valence-electron chi connectivity index (χ4n) is 1.47. The Labute approximate surface area is 107 Å². The zero-order chi connectivity index (χ0) is 12.3. The predicted octanol–water partition coefficient (Wildman–Crippen LogP) is 3.17. The third kappa shape index (κ3) is 3.14. The van der Waals surface area contributed by atoms with Crippen molar-refractivity contribution in [1.29, 1.82) is 0 Å². The van der Waals surface area contributed by atoms with Crippen molar-refractivity contribution in [2.45, 2.75) is 20.0 Å². The van der Waals surface area contributed by atoms with Crippen LogP contribution < -0.4 is 5.32 Å². The lowest BCUT2D eigenvalue weighted by Gasteiger charge is -2.05. The summed E-state index contributed by atoms with van der Waals surface area (Å²) in [6, 6.07) is 4.97. The molecule has 1 aromatic carbocycles. The van der Waals surface area contributed by atoms with Crippen LogP contribution in [0.1, 0.15) is 17.2 Å². The molecule has 5 heteroatoms. The van der Waals surface area contributed by atoms with Gasteiger partial charge in [0.05, 0.1) is 17.2 Å². The van der Waals surface area contributed by atoms with Gasteiger partial charge in [-0.05, 0) is 34.5 Å². The van der Waals surface area contributed by atoms with E-state index in [1.54, 1.807) is 12.3 Å². The van der Waals surface area contributed by atoms with Gasteiger partial charge in [0.15, 0.2) is 0 Å². The maximum Gasteiger partial charge on any atom is 0.208 e. The molecule has 0 aliphatic heterocycles. The Morgan fingerprint density at radius 3 is 2.94 bits per heavy atom. The number of benzene rings is 1. The van der Waals surface area contributed by atoms with Crippen LogP contribution in [0.5, 0.6) is 0 Å². The van der Waals surface area contributed by atoms with Gasteiger partial charge in [-0.1, -0.05) is 12.1 Å². The Morgan fingerprint density at radius 1 is 1.41 bits per heavy atom. The molecule has 17 heavy (non-hydrogen) atoms. The molecule has 0 unspecified atom stereocenters. The SMILES string of the molecule is Cc1cnc(CNCc2cccc(F)c2Br)o1. The first-order valence-corrected chi connectivity index (χ1v) is 6.01. The van der Waals surface area contributed by atoms with Crippen molar-refractivity contribution < 1.29 is 8.81 Å². The van der Waals surface area contributed by atoms with Crippen molar-refractivity contribution in [3.63, 3.8) is 0 Å². The number of aryl methyl sites for hydroxylation is 1. The number of nitrogens with zero attached hydrogens (tertiary/aromatic N) is 1. The summed E-state index contributed by atoms with van der Waals surface area (Å²) in [5, 5.41) is 3.15. The molecule has 0 saturated carbocycles. The first-order chi connectivity index (χ1) is 8.16. The summed E-state index contributed by atoms with van der Waals surface area (Å²) in [5.74, 6) is 1.17. The van der Waals surface area contributed by atoms with Gasteiger partial charge >= 0.3 is 0 Å². The Balaban J connectivity index is 1.92. The van der Waals surface area contributed by atoms with Crippen molar-refractivity contribution >= 4 is 15.9 Å². The fraction of sp³-hybridized carbons (Fsp3) is 0.250. The number of rotatable bonds is 4. The molecule has 3 nitrogen and oxygen atoms in total. The monoisotopic (exact) mass is 298 g/mol. The molecule has 0 aliphatic carbocycles.